The maximum absolute atomic E-state index is 11.7. The second kappa shape index (κ2) is 6.09. The van der Waals surface area contributed by atoms with E-state index in [1.165, 1.54) is 30.4 Å². The van der Waals surface area contributed by atoms with E-state index in [1.54, 1.807) is 0 Å². The Labute approximate surface area is 128 Å². The van der Waals surface area contributed by atoms with Crippen LogP contribution in [0.25, 0.3) is 0 Å². The third-order valence-electron chi connectivity index (χ3n) is 5.24. The normalized spacial score (nSPS) is 29.0. The molecule has 0 aromatic heterocycles. The molecule has 1 aliphatic heterocycles. The molecule has 3 atom stereocenters. The van der Waals surface area contributed by atoms with Crippen LogP contribution >= 0.6 is 0 Å². The lowest BCUT2D eigenvalue weighted by molar-refractivity contribution is 0.343. The minimum Gasteiger partial charge on any atom is -0.317 e. The van der Waals surface area contributed by atoms with E-state index in [0.29, 0.717) is 23.5 Å². The van der Waals surface area contributed by atoms with Crippen molar-refractivity contribution in [2.75, 3.05) is 18.6 Å². The molecular formula is C17H25NO2S. The van der Waals surface area contributed by atoms with Gasteiger partial charge in [0.15, 0.2) is 9.84 Å². The van der Waals surface area contributed by atoms with E-state index in [1.807, 2.05) is 7.05 Å². The number of nitrogens with one attached hydrogen (secondary N) is 1. The van der Waals surface area contributed by atoms with Crippen molar-refractivity contribution < 1.29 is 8.42 Å². The van der Waals surface area contributed by atoms with Gasteiger partial charge in [-0.3, -0.25) is 0 Å². The Hall–Kier alpha value is -0.870. The molecule has 0 saturated carbocycles. The zero-order valence-corrected chi connectivity index (χ0v) is 13.5. The maximum Gasteiger partial charge on any atom is 0.150 e. The third kappa shape index (κ3) is 3.32. The molecule has 4 heteroatoms. The first kappa shape index (κ1) is 15.0. The molecule has 0 amide bonds. The zero-order valence-electron chi connectivity index (χ0n) is 12.7. The molecule has 0 radical (unpaired) electrons. The fourth-order valence-electron chi connectivity index (χ4n) is 4.09. The molecule has 1 saturated heterocycles. The number of sulfone groups is 1. The van der Waals surface area contributed by atoms with Crippen LogP contribution in [0.5, 0.6) is 0 Å². The van der Waals surface area contributed by atoms with Crippen LogP contribution in [0, 0.1) is 5.92 Å². The van der Waals surface area contributed by atoms with Gasteiger partial charge in [-0.05, 0) is 62.1 Å². The second-order valence-corrected chi connectivity index (χ2v) is 8.81. The van der Waals surface area contributed by atoms with Crippen LogP contribution in [0.3, 0.4) is 0 Å². The van der Waals surface area contributed by atoms with Gasteiger partial charge in [-0.15, -0.1) is 0 Å². The molecule has 3 rings (SSSR count). The Morgan fingerprint density at radius 2 is 2.10 bits per heavy atom. The molecule has 0 bridgehead atoms. The summed E-state index contributed by atoms with van der Waals surface area (Å²) in [6, 6.07) is 9.08. The van der Waals surface area contributed by atoms with Crippen molar-refractivity contribution in [1.82, 2.24) is 5.32 Å². The van der Waals surface area contributed by atoms with Crippen molar-refractivity contribution in [2.45, 2.75) is 44.1 Å². The average Bonchev–Trinajstić information content (AvgIpc) is 2.85. The molecule has 3 nitrogen and oxygen atoms in total. The Morgan fingerprint density at radius 3 is 2.81 bits per heavy atom. The highest BCUT2D eigenvalue weighted by Crippen LogP contribution is 2.37. The Kier molecular flexibility index (Phi) is 4.36. The van der Waals surface area contributed by atoms with Crippen LogP contribution < -0.4 is 5.32 Å². The summed E-state index contributed by atoms with van der Waals surface area (Å²) in [6.45, 7) is 0. The van der Waals surface area contributed by atoms with Crippen LogP contribution in [0.4, 0.5) is 0 Å². The largest absolute Gasteiger partial charge is 0.317 e. The van der Waals surface area contributed by atoms with Gasteiger partial charge in [0.05, 0.1) is 11.5 Å². The number of rotatable bonds is 4. The number of hydrogen-bond donors (Lipinski definition) is 1. The summed E-state index contributed by atoms with van der Waals surface area (Å²) in [5, 5.41) is 3.40. The molecule has 116 valence electrons. The van der Waals surface area contributed by atoms with Gasteiger partial charge < -0.3 is 5.32 Å². The quantitative estimate of drug-likeness (QED) is 0.930. The minimum atomic E-state index is -2.79. The minimum absolute atomic E-state index is 0.286. The summed E-state index contributed by atoms with van der Waals surface area (Å²) in [7, 11) is -0.815. The van der Waals surface area contributed by atoms with Crippen molar-refractivity contribution in [3.63, 3.8) is 0 Å². The predicted octanol–water partition coefficient (Wildman–Crippen LogP) is 2.52. The van der Waals surface area contributed by atoms with Crippen molar-refractivity contribution in [3.05, 3.63) is 35.4 Å². The van der Waals surface area contributed by atoms with Gasteiger partial charge in [-0.25, -0.2) is 8.42 Å². The van der Waals surface area contributed by atoms with E-state index in [4.69, 9.17) is 0 Å². The number of aryl methyl sites for hydroxylation is 1. The number of fused-ring (bicyclic) bond motifs is 1. The van der Waals surface area contributed by atoms with Gasteiger partial charge in [0.25, 0.3) is 0 Å². The fourth-order valence-corrected chi connectivity index (χ4v) is 5.97. The molecular weight excluding hydrogens is 282 g/mol. The first-order chi connectivity index (χ1) is 10.1. The Balaban J connectivity index is 1.74. The molecule has 1 aliphatic carbocycles. The van der Waals surface area contributed by atoms with Crippen molar-refractivity contribution in [3.8, 4) is 0 Å². The number of benzene rings is 1. The average molecular weight is 307 g/mol. The first-order valence-electron chi connectivity index (χ1n) is 8.04. The topological polar surface area (TPSA) is 46.2 Å². The van der Waals surface area contributed by atoms with Gasteiger partial charge >= 0.3 is 0 Å². The van der Waals surface area contributed by atoms with Crippen LogP contribution in [0.2, 0.25) is 0 Å². The van der Waals surface area contributed by atoms with Gasteiger partial charge in [-0.1, -0.05) is 24.3 Å². The monoisotopic (exact) mass is 307 g/mol. The predicted molar refractivity (Wildman–Crippen MR) is 86.3 cm³/mol. The molecule has 2 aliphatic rings. The lowest BCUT2D eigenvalue weighted by atomic mass is 9.77. The lowest BCUT2D eigenvalue weighted by Crippen LogP contribution is -2.36. The molecule has 1 aromatic carbocycles. The second-order valence-electron chi connectivity index (χ2n) is 6.58. The molecule has 3 unspecified atom stereocenters. The van der Waals surface area contributed by atoms with E-state index < -0.39 is 9.84 Å². The highest BCUT2D eigenvalue weighted by molar-refractivity contribution is 7.91. The van der Waals surface area contributed by atoms with E-state index in [2.05, 4.69) is 29.6 Å². The van der Waals surface area contributed by atoms with Crippen molar-refractivity contribution >= 4 is 9.84 Å². The zero-order chi connectivity index (χ0) is 14.9. The maximum atomic E-state index is 11.7. The van der Waals surface area contributed by atoms with Crippen LogP contribution in [0.15, 0.2) is 24.3 Å². The fraction of sp³-hybridized carbons (Fsp3) is 0.647. The van der Waals surface area contributed by atoms with Gasteiger partial charge in [0.2, 0.25) is 0 Å². The highest BCUT2D eigenvalue weighted by atomic mass is 32.2. The van der Waals surface area contributed by atoms with E-state index >= 15 is 0 Å². The molecule has 1 aromatic rings. The summed E-state index contributed by atoms with van der Waals surface area (Å²) in [6.07, 6.45) is 5.56. The third-order valence-corrected chi connectivity index (χ3v) is 7.03. The van der Waals surface area contributed by atoms with E-state index in [0.717, 1.165) is 12.8 Å². The standard InChI is InChI=1S/C17H25NO2S/c1-18-17(15-9-10-21(19,20)12-15)11-14-7-4-6-13-5-2-3-8-16(13)14/h2-3,5,8,14-15,17-18H,4,6-7,9-12H2,1H3. The first-order valence-corrected chi connectivity index (χ1v) is 9.86. The van der Waals surface area contributed by atoms with Crippen LogP contribution in [0.1, 0.15) is 42.7 Å². The van der Waals surface area contributed by atoms with Crippen molar-refractivity contribution in [1.29, 1.82) is 0 Å². The summed E-state index contributed by atoms with van der Waals surface area (Å²) in [5.41, 5.74) is 2.98. The molecule has 0 spiro atoms. The Morgan fingerprint density at radius 1 is 1.29 bits per heavy atom. The molecule has 1 heterocycles. The van der Waals surface area contributed by atoms with Gasteiger partial charge in [-0.2, -0.15) is 0 Å². The van der Waals surface area contributed by atoms with Gasteiger partial charge in [0, 0.05) is 6.04 Å². The van der Waals surface area contributed by atoms with Crippen LogP contribution in [-0.4, -0.2) is 33.0 Å². The summed E-state index contributed by atoms with van der Waals surface area (Å²) in [5.74, 6) is 1.61. The summed E-state index contributed by atoms with van der Waals surface area (Å²) in [4.78, 5) is 0. The summed E-state index contributed by atoms with van der Waals surface area (Å²) < 4.78 is 23.4. The van der Waals surface area contributed by atoms with Crippen molar-refractivity contribution in [2.24, 2.45) is 5.92 Å². The highest BCUT2D eigenvalue weighted by Gasteiger charge is 2.34. The van der Waals surface area contributed by atoms with Gasteiger partial charge in [0.1, 0.15) is 0 Å². The SMILES string of the molecule is CNC(CC1CCCc2ccccc21)C1CCS(=O)(=O)C1. The van der Waals surface area contributed by atoms with E-state index in [-0.39, 0.29) is 5.92 Å². The van der Waals surface area contributed by atoms with Crippen LogP contribution in [-0.2, 0) is 16.3 Å². The van der Waals surface area contributed by atoms with E-state index in [9.17, 15) is 8.42 Å². The summed E-state index contributed by atoms with van der Waals surface area (Å²) >= 11 is 0. The number of hydrogen-bond acceptors (Lipinski definition) is 3. The lowest BCUT2D eigenvalue weighted by Gasteiger charge is -2.31. The smallest absolute Gasteiger partial charge is 0.150 e. The molecule has 21 heavy (non-hydrogen) atoms. The molecule has 1 N–H and O–H groups in total. The Bertz CT molecular complexity index is 597. The molecule has 1 fully saturated rings.